The molecule has 0 amide bonds. The molecule has 0 saturated carbocycles. The van der Waals surface area contributed by atoms with Crippen molar-refractivity contribution in [3.8, 4) is 0 Å². The van der Waals surface area contributed by atoms with Crippen LogP contribution in [0.15, 0.2) is 18.2 Å². The monoisotopic (exact) mass is 282 g/mol. The van der Waals surface area contributed by atoms with Gasteiger partial charge >= 0.3 is 0 Å². The predicted molar refractivity (Wildman–Crippen MR) is 80.9 cm³/mol. The van der Waals surface area contributed by atoms with Crippen LogP contribution in [0.4, 0.5) is 4.39 Å². The van der Waals surface area contributed by atoms with Gasteiger partial charge in [-0.3, -0.25) is 4.90 Å². The minimum absolute atomic E-state index is 0.222. The van der Waals surface area contributed by atoms with Gasteiger partial charge in [0.2, 0.25) is 0 Å². The van der Waals surface area contributed by atoms with E-state index in [0.717, 1.165) is 37.1 Å². The molecule has 0 aliphatic rings. The first-order chi connectivity index (χ1) is 9.65. The molecule has 0 radical (unpaired) electrons. The maximum Gasteiger partial charge on any atom is 0.123 e. The third-order valence-corrected chi connectivity index (χ3v) is 3.80. The Balaban J connectivity index is 2.87. The van der Waals surface area contributed by atoms with Crippen LogP contribution in [0.3, 0.4) is 0 Å². The molecule has 114 valence electrons. The molecular weight excluding hydrogens is 255 g/mol. The molecule has 0 aliphatic heterocycles. The molecule has 0 atom stereocenters. The van der Waals surface area contributed by atoms with E-state index in [9.17, 15) is 4.39 Å². The van der Waals surface area contributed by atoms with E-state index in [1.54, 1.807) is 7.11 Å². The lowest BCUT2D eigenvalue weighted by atomic mass is 10.0. The predicted octanol–water partition coefficient (Wildman–Crippen LogP) is 2.92. The Labute approximate surface area is 121 Å². The maximum absolute atomic E-state index is 13.3. The molecule has 2 N–H and O–H groups in total. The smallest absolute Gasteiger partial charge is 0.123 e. The van der Waals surface area contributed by atoms with Crippen molar-refractivity contribution in [1.29, 1.82) is 0 Å². The Hall–Kier alpha value is -0.970. The van der Waals surface area contributed by atoms with E-state index in [-0.39, 0.29) is 5.82 Å². The van der Waals surface area contributed by atoms with Crippen LogP contribution in [0.2, 0.25) is 0 Å². The van der Waals surface area contributed by atoms with E-state index in [1.807, 2.05) is 6.07 Å². The molecule has 0 saturated heterocycles. The summed E-state index contributed by atoms with van der Waals surface area (Å²) in [5.74, 6) is -0.222. The van der Waals surface area contributed by atoms with Crippen LogP contribution in [0.25, 0.3) is 0 Å². The Morgan fingerprint density at radius 3 is 2.50 bits per heavy atom. The minimum atomic E-state index is -0.222. The molecule has 0 unspecified atom stereocenters. The second kappa shape index (κ2) is 9.06. The number of nitrogens with zero attached hydrogens (tertiary/aromatic N) is 1. The molecule has 1 aromatic rings. The van der Waals surface area contributed by atoms with Gasteiger partial charge in [-0.15, -0.1) is 0 Å². The van der Waals surface area contributed by atoms with Crippen molar-refractivity contribution in [2.24, 2.45) is 5.73 Å². The van der Waals surface area contributed by atoms with Gasteiger partial charge < -0.3 is 10.5 Å². The van der Waals surface area contributed by atoms with Gasteiger partial charge in [-0.05, 0) is 36.1 Å². The van der Waals surface area contributed by atoms with Crippen LogP contribution in [-0.4, -0.2) is 31.2 Å². The average molecular weight is 282 g/mol. The summed E-state index contributed by atoms with van der Waals surface area (Å²) in [5, 5.41) is 0. The fourth-order valence-electron chi connectivity index (χ4n) is 2.56. The summed E-state index contributed by atoms with van der Waals surface area (Å²) in [6.45, 7) is 7.14. The van der Waals surface area contributed by atoms with Crippen molar-refractivity contribution >= 4 is 0 Å². The van der Waals surface area contributed by atoms with Gasteiger partial charge in [0.15, 0.2) is 0 Å². The number of ether oxygens (including phenoxy) is 1. The second-order valence-corrected chi connectivity index (χ2v) is 5.05. The highest BCUT2D eigenvalue weighted by Gasteiger charge is 2.16. The molecule has 0 aliphatic carbocycles. The molecular formula is C16H27FN2O. The van der Waals surface area contributed by atoms with Crippen LogP contribution in [-0.2, 0) is 17.8 Å². The van der Waals surface area contributed by atoms with E-state index in [4.69, 9.17) is 10.5 Å². The number of benzene rings is 1. The number of hydrogen-bond acceptors (Lipinski definition) is 3. The number of methoxy groups -OCH3 is 1. The Kier molecular flexibility index (Phi) is 7.73. The van der Waals surface area contributed by atoms with Crippen molar-refractivity contribution < 1.29 is 9.13 Å². The number of rotatable bonds is 9. The molecule has 0 bridgehead atoms. The first-order valence-corrected chi connectivity index (χ1v) is 7.36. The van der Waals surface area contributed by atoms with Crippen LogP contribution >= 0.6 is 0 Å². The van der Waals surface area contributed by atoms with Crippen molar-refractivity contribution in [3.63, 3.8) is 0 Å². The van der Waals surface area contributed by atoms with Crippen LogP contribution in [0.1, 0.15) is 37.8 Å². The maximum atomic E-state index is 13.3. The normalized spacial score (nSPS) is 11.6. The van der Waals surface area contributed by atoms with Crippen LogP contribution < -0.4 is 5.73 Å². The van der Waals surface area contributed by atoms with Crippen LogP contribution in [0.5, 0.6) is 0 Å². The number of halogens is 1. The summed E-state index contributed by atoms with van der Waals surface area (Å²) in [5.41, 5.74) is 7.72. The van der Waals surface area contributed by atoms with E-state index in [0.29, 0.717) is 19.2 Å². The van der Waals surface area contributed by atoms with Gasteiger partial charge in [0.25, 0.3) is 0 Å². The highest BCUT2D eigenvalue weighted by Crippen LogP contribution is 2.17. The van der Waals surface area contributed by atoms with Crippen molar-refractivity contribution in [2.75, 3.05) is 20.3 Å². The Bertz CT molecular complexity index is 394. The lowest BCUT2D eigenvalue weighted by Crippen LogP contribution is -2.36. The molecule has 0 fully saturated rings. The summed E-state index contributed by atoms with van der Waals surface area (Å²) >= 11 is 0. The molecule has 4 heteroatoms. The highest BCUT2D eigenvalue weighted by molar-refractivity contribution is 5.27. The quantitative estimate of drug-likeness (QED) is 0.757. The molecule has 1 aromatic carbocycles. The SMILES string of the molecule is CCC(CC)N(CCOC)Cc1ccc(F)cc1CN. The summed E-state index contributed by atoms with van der Waals surface area (Å²) in [7, 11) is 1.72. The fraction of sp³-hybridized carbons (Fsp3) is 0.625. The topological polar surface area (TPSA) is 38.5 Å². The number of nitrogens with two attached hydrogens (primary N) is 1. The fourth-order valence-corrected chi connectivity index (χ4v) is 2.56. The van der Waals surface area contributed by atoms with Gasteiger partial charge in [-0.2, -0.15) is 0 Å². The van der Waals surface area contributed by atoms with Crippen molar-refractivity contribution in [1.82, 2.24) is 4.90 Å². The summed E-state index contributed by atoms with van der Waals surface area (Å²) in [4.78, 5) is 2.40. The Morgan fingerprint density at radius 2 is 1.95 bits per heavy atom. The van der Waals surface area contributed by atoms with E-state index < -0.39 is 0 Å². The second-order valence-electron chi connectivity index (χ2n) is 5.05. The lowest BCUT2D eigenvalue weighted by molar-refractivity contribution is 0.110. The first-order valence-electron chi connectivity index (χ1n) is 7.36. The van der Waals surface area contributed by atoms with Gasteiger partial charge in [-0.25, -0.2) is 4.39 Å². The minimum Gasteiger partial charge on any atom is -0.383 e. The summed E-state index contributed by atoms with van der Waals surface area (Å²) < 4.78 is 18.5. The third-order valence-electron chi connectivity index (χ3n) is 3.80. The van der Waals surface area contributed by atoms with Crippen LogP contribution in [0, 0.1) is 5.82 Å². The molecule has 20 heavy (non-hydrogen) atoms. The average Bonchev–Trinajstić information content (AvgIpc) is 2.47. The van der Waals surface area contributed by atoms with E-state index in [2.05, 4.69) is 18.7 Å². The van der Waals surface area contributed by atoms with E-state index in [1.165, 1.54) is 12.1 Å². The molecule has 0 heterocycles. The number of hydrogen-bond donors (Lipinski definition) is 1. The van der Waals surface area contributed by atoms with Gasteiger partial charge in [0.05, 0.1) is 6.61 Å². The van der Waals surface area contributed by atoms with Crippen molar-refractivity contribution in [2.45, 2.75) is 45.8 Å². The first kappa shape index (κ1) is 17.1. The van der Waals surface area contributed by atoms with Gasteiger partial charge in [0, 0.05) is 32.8 Å². The third kappa shape index (κ3) is 4.85. The Morgan fingerprint density at radius 1 is 1.25 bits per heavy atom. The summed E-state index contributed by atoms with van der Waals surface area (Å²) in [6.07, 6.45) is 2.19. The molecule has 1 rings (SSSR count). The molecule has 3 nitrogen and oxygen atoms in total. The standard InChI is InChI=1S/C16H27FN2O/c1-4-16(5-2)19(8-9-20-3)12-13-6-7-15(17)10-14(13)11-18/h6-7,10,16H,4-5,8-9,11-12,18H2,1-3H3. The zero-order valence-electron chi connectivity index (χ0n) is 12.9. The largest absolute Gasteiger partial charge is 0.383 e. The summed E-state index contributed by atoms with van der Waals surface area (Å²) in [6, 6.07) is 5.41. The van der Waals surface area contributed by atoms with Gasteiger partial charge in [0.1, 0.15) is 5.82 Å². The van der Waals surface area contributed by atoms with Crippen molar-refractivity contribution in [3.05, 3.63) is 35.1 Å². The van der Waals surface area contributed by atoms with E-state index >= 15 is 0 Å². The van der Waals surface area contributed by atoms with Gasteiger partial charge in [-0.1, -0.05) is 19.9 Å². The zero-order chi connectivity index (χ0) is 15.0. The molecule has 0 aromatic heterocycles. The molecule has 0 spiro atoms. The lowest BCUT2D eigenvalue weighted by Gasteiger charge is -2.31. The zero-order valence-corrected chi connectivity index (χ0v) is 12.9. The highest BCUT2D eigenvalue weighted by atomic mass is 19.1.